The first-order valence-electron chi connectivity index (χ1n) is 6.45. The van der Waals surface area contributed by atoms with Crippen molar-refractivity contribution in [1.82, 2.24) is 5.32 Å². The molecule has 1 aromatic carbocycles. The van der Waals surface area contributed by atoms with E-state index in [2.05, 4.69) is 11.2 Å². The standard InChI is InChI=1S/C15H20ClNO2S/c1-2-8-20-9-7-17-10-14(18)12-19-11-13-5-3-4-6-15(13)16/h1,3-6,14,17-18H,7-12H2. The Labute approximate surface area is 130 Å². The number of terminal acetylenes is 1. The van der Waals surface area contributed by atoms with E-state index >= 15 is 0 Å². The highest BCUT2D eigenvalue weighted by Gasteiger charge is 2.05. The lowest BCUT2D eigenvalue weighted by atomic mass is 10.2. The Morgan fingerprint density at radius 3 is 3.00 bits per heavy atom. The summed E-state index contributed by atoms with van der Waals surface area (Å²) in [5.41, 5.74) is 0.931. The summed E-state index contributed by atoms with van der Waals surface area (Å²) in [6.07, 6.45) is 4.63. The smallest absolute Gasteiger partial charge is 0.0897 e. The van der Waals surface area contributed by atoms with Gasteiger partial charge in [0.05, 0.1) is 25.1 Å². The fourth-order valence-corrected chi connectivity index (χ4v) is 2.26. The summed E-state index contributed by atoms with van der Waals surface area (Å²) in [6.45, 7) is 2.04. The molecule has 110 valence electrons. The van der Waals surface area contributed by atoms with Crippen LogP contribution in [0.3, 0.4) is 0 Å². The lowest BCUT2D eigenvalue weighted by Gasteiger charge is -2.12. The topological polar surface area (TPSA) is 41.5 Å². The van der Waals surface area contributed by atoms with Gasteiger partial charge in [0.1, 0.15) is 0 Å². The number of hydrogen-bond acceptors (Lipinski definition) is 4. The fraction of sp³-hybridized carbons (Fsp3) is 0.467. The van der Waals surface area contributed by atoms with Crippen molar-refractivity contribution in [1.29, 1.82) is 0 Å². The van der Waals surface area contributed by atoms with Crippen molar-refractivity contribution in [3.05, 3.63) is 34.9 Å². The van der Waals surface area contributed by atoms with Gasteiger partial charge in [0, 0.05) is 23.9 Å². The Morgan fingerprint density at radius 2 is 2.25 bits per heavy atom. The molecule has 0 fully saturated rings. The Morgan fingerprint density at radius 1 is 1.45 bits per heavy atom. The van der Waals surface area contributed by atoms with Crippen LogP contribution in [0.5, 0.6) is 0 Å². The first kappa shape index (κ1) is 17.4. The molecule has 0 aliphatic rings. The van der Waals surface area contributed by atoms with Crippen molar-refractivity contribution in [3.63, 3.8) is 0 Å². The summed E-state index contributed by atoms with van der Waals surface area (Å²) >= 11 is 7.71. The second kappa shape index (κ2) is 11.0. The van der Waals surface area contributed by atoms with E-state index in [1.807, 2.05) is 24.3 Å². The SMILES string of the molecule is C#CCSCCNCC(O)COCc1ccccc1Cl. The maximum atomic E-state index is 9.74. The maximum Gasteiger partial charge on any atom is 0.0897 e. The number of halogens is 1. The van der Waals surface area contributed by atoms with Crippen molar-refractivity contribution in [3.8, 4) is 12.3 Å². The average molecular weight is 314 g/mol. The molecular weight excluding hydrogens is 294 g/mol. The molecule has 0 amide bonds. The third kappa shape index (κ3) is 7.78. The second-order valence-electron chi connectivity index (χ2n) is 4.22. The van der Waals surface area contributed by atoms with Crippen molar-refractivity contribution in [2.45, 2.75) is 12.7 Å². The molecule has 1 rings (SSSR count). The summed E-state index contributed by atoms with van der Waals surface area (Å²) in [6, 6.07) is 7.53. The summed E-state index contributed by atoms with van der Waals surface area (Å²) in [7, 11) is 0. The first-order valence-corrected chi connectivity index (χ1v) is 7.98. The molecule has 0 saturated carbocycles. The lowest BCUT2D eigenvalue weighted by molar-refractivity contribution is 0.0292. The number of hydrogen-bond donors (Lipinski definition) is 2. The van der Waals surface area contributed by atoms with E-state index in [-0.39, 0.29) is 6.61 Å². The molecule has 1 unspecified atom stereocenters. The van der Waals surface area contributed by atoms with E-state index in [4.69, 9.17) is 22.8 Å². The van der Waals surface area contributed by atoms with E-state index < -0.39 is 6.10 Å². The number of thioether (sulfide) groups is 1. The molecule has 0 aliphatic heterocycles. The summed E-state index contributed by atoms with van der Waals surface area (Å²) in [4.78, 5) is 0. The molecular formula is C15H20ClNO2S. The zero-order valence-corrected chi connectivity index (χ0v) is 12.9. The molecule has 0 aliphatic carbocycles. The van der Waals surface area contributed by atoms with Gasteiger partial charge in [-0.2, -0.15) is 0 Å². The quantitative estimate of drug-likeness (QED) is 0.513. The normalized spacial score (nSPS) is 12.1. The van der Waals surface area contributed by atoms with Crippen molar-refractivity contribution < 1.29 is 9.84 Å². The molecule has 0 saturated heterocycles. The molecule has 0 spiro atoms. The van der Waals surface area contributed by atoms with Crippen LogP contribution in [0, 0.1) is 12.3 Å². The van der Waals surface area contributed by atoms with Gasteiger partial charge in [-0.3, -0.25) is 0 Å². The van der Waals surface area contributed by atoms with Gasteiger partial charge in [-0.15, -0.1) is 18.2 Å². The summed E-state index contributed by atoms with van der Waals surface area (Å²) in [5.74, 6) is 4.24. The predicted molar refractivity (Wildman–Crippen MR) is 86.1 cm³/mol. The highest BCUT2D eigenvalue weighted by atomic mass is 35.5. The minimum absolute atomic E-state index is 0.287. The van der Waals surface area contributed by atoms with Crippen LogP contribution in [0.4, 0.5) is 0 Å². The molecule has 0 bridgehead atoms. The van der Waals surface area contributed by atoms with E-state index in [9.17, 15) is 5.11 Å². The molecule has 3 nitrogen and oxygen atoms in total. The second-order valence-corrected chi connectivity index (χ2v) is 5.73. The number of rotatable bonds is 10. The summed E-state index contributed by atoms with van der Waals surface area (Å²) < 4.78 is 5.45. The van der Waals surface area contributed by atoms with Crippen molar-refractivity contribution >= 4 is 23.4 Å². The van der Waals surface area contributed by atoms with Crippen LogP contribution in [0.25, 0.3) is 0 Å². The van der Waals surface area contributed by atoms with Crippen LogP contribution >= 0.6 is 23.4 Å². The highest BCUT2D eigenvalue weighted by Crippen LogP contribution is 2.15. The lowest BCUT2D eigenvalue weighted by Crippen LogP contribution is -2.31. The van der Waals surface area contributed by atoms with E-state index in [0.29, 0.717) is 18.2 Å². The molecule has 20 heavy (non-hydrogen) atoms. The van der Waals surface area contributed by atoms with Gasteiger partial charge in [0.25, 0.3) is 0 Å². The Bertz CT molecular complexity index is 423. The highest BCUT2D eigenvalue weighted by molar-refractivity contribution is 7.99. The van der Waals surface area contributed by atoms with Gasteiger partial charge in [-0.25, -0.2) is 0 Å². The largest absolute Gasteiger partial charge is 0.389 e. The van der Waals surface area contributed by atoms with Gasteiger partial charge in [-0.1, -0.05) is 35.7 Å². The number of aliphatic hydroxyl groups excluding tert-OH is 1. The summed E-state index contributed by atoms with van der Waals surface area (Å²) in [5, 5.41) is 13.6. The molecule has 0 radical (unpaired) electrons. The van der Waals surface area contributed by atoms with Crippen LogP contribution in [0.1, 0.15) is 5.56 Å². The van der Waals surface area contributed by atoms with Crippen molar-refractivity contribution in [2.24, 2.45) is 0 Å². The Hall–Kier alpha value is -0.700. The van der Waals surface area contributed by atoms with Crippen LogP contribution in [0.2, 0.25) is 5.02 Å². The van der Waals surface area contributed by atoms with Gasteiger partial charge in [0.2, 0.25) is 0 Å². The third-order valence-electron chi connectivity index (χ3n) is 2.51. The van der Waals surface area contributed by atoms with Crippen LogP contribution in [-0.4, -0.2) is 42.4 Å². The van der Waals surface area contributed by atoms with Gasteiger partial charge >= 0.3 is 0 Å². The molecule has 2 N–H and O–H groups in total. The van der Waals surface area contributed by atoms with Crippen molar-refractivity contribution in [2.75, 3.05) is 31.2 Å². The fourth-order valence-electron chi connectivity index (χ4n) is 1.52. The number of benzene rings is 1. The van der Waals surface area contributed by atoms with Gasteiger partial charge in [-0.05, 0) is 11.6 Å². The Balaban J connectivity index is 2.04. The molecule has 1 atom stereocenters. The van der Waals surface area contributed by atoms with E-state index in [1.54, 1.807) is 11.8 Å². The Kier molecular flexibility index (Phi) is 9.56. The van der Waals surface area contributed by atoms with Gasteiger partial charge in [0.15, 0.2) is 0 Å². The molecule has 5 heteroatoms. The third-order valence-corrected chi connectivity index (χ3v) is 3.75. The van der Waals surface area contributed by atoms with Crippen LogP contribution < -0.4 is 5.32 Å². The zero-order valence-electron chi connectivity index (χ0n) is 11.3. The number of aliphatic hydroxyl groups is 1. The van der Waals surface area contributed by atoms with E-state index in [1.165, 1.54) is 0 Å². The molecule has 1 aromatic rings. The van der Waals surface area contributed by atoms with Crippen LogP contribution in [-0.2, 0) is 11.3 Å². The van der Waals surface area contributed by atoms with Crippen LogP contribution in [0.15, 0.2) is 24.3 Å². The molecule has 0 heterocycles. The minimum atomic E-state index is -0.518. The number of nitrogens with one attached hydrogen (secondary N) is 1. The minimum Gasteiger partial charge on any atom is -0.389 e. The average Bonchev–Trinajstić information content (AvgIpc) is 2.45. The van der Waals surface area contributed by atoms with Gasteiger partial charge < -0.3 is 15.2 Å². The van der Waals surface area contributed by atoms with E-state index in [0.717, 1.165) is 23.6 Å². The maximum absolute atomic E-state index is 9.74. The monoisotopic (exact) mass is 313 g/mol. The molecule has 0 aromatic heterocycles. The number of ether oxygens (including phenoxy) is 1. The predicted octanol–water partition coefficient (Wildman–Crippen LogP) is 2.17. The first-order chi connectivity index (χ1) is 9.74. The zero-order chi connectivity index (χ0) is 14.6.